The number of benzene rings is 1. The molecule has 0 spiro atoms. The summed E-state index contributed by atoms with van der Waals surface area (Å²) < 4.78 is 0. The second kappa shape index (κ2) is 6.42. The summed E-state index contributed by atoms with van der Waals surface area (Å²) >= 11 is 7.03. The molecule has 0 saturated carbocycles. The van der Waals surface area contributed by atoms with Gasteiger partial charge in [0.2, 0.25) is 0 Å². The molecule has 0 aliphatic rings. The minimum atomic E-state index is -0.599. The minimum absolute atomic E-state index is 0.187. The third kappa shape index (κ3) is 3.61. The van der Waals surface area contributed by atoms with Crippen LogP contribution in [0.3, 0.4) is 0 Å². The Morgan fingerprint density at radius 3 is 2.67 bits per heavy atom. The molecule has 9 heteroatoms. The zero-order chi connectivity index (χ0) is 15.4. The van der Waals surface area contributed by atoms with Crippen molar-refractivity contribution in [2.24, 2.45) is 10.9 Å². The molecule has 0 aliphatic carbocycles. The number of rotatable bonds is 4. The number of hydrogen-bond acceptors (Lipinski definition) is 6. The number of nitrogens with two attached hydrogens (primary N) is 1. The van der Waals surface area contributed by atoms with Crippen LogP contribution in [-0.2, 0) is 0 Å². The first kappa shape index (κ1) is 15.1. The SMILES string of the molecule is NC(=NO)c1cc([N+](=O)[O-])cnc1Sc1ccc(Cl)cc1. The van der Waals surface area contributed by atoms with Crippen LogP contribution in [0.1, 0.15) is 5.56 Å². The summed E-state index contributed by atoms with van der Waals surface area (Å²) in [6.45, 7) is 0. The maximum absolute atomic E-state index is 10.8. The first-order valence-electron chi connectivity index (χ1n) is 5.57. The predicted molar refractivity (Wildman–Crippen MR) is 79.0 cm³/mol. The van der Waals surface area contributed by atoms with Crippen LogP contribution >= 0.6 is 23.4 Å². The zero-order valence-electron chi connectivity index (χ0n) is 10.4. The number of oxime groups is 1. The molecule has 108 valence electrons. The van der Waals surface area contributed by atoms with E-state index in [0.29, 0.717) is 10.0 Å². The minimum Gasteiger partial charge on any atom is -0.409 e. The van der Waals surface area contributed by atoms with Crippen molar-refractivity contribution in [3.05, 3.63) is 57.2 Å². The van der Waals surface area contributed by atoms with Crippen molar-refractivity contribution in [2.45, 2.75) is 9.92 Å². The summed E-state index contributed by atoms with van der Waals surface area (Å²) in [5, 5.41) is 23.4. The van der Waals surface area contributed by atoms with Crippen LogP contribution < -0.4 is 5.73 Å². The molecule has 0 saturated heterocycles. The van der Waals surface area contributed by atoms with Gasteiger partial charge < -0.3 is 10.9 Å². The molecular weight excluding hydrogens is 316 g/mol. The highest BCUT2D eigenvalue weighted by Crippen LogP contribution is 2.31. The molecule has 0 aliphatic heterocycles. The highest BCUT2D eigenvalue weighted by Gasteiger charge is 2.16. The quantitative estimate of drug-likeness (QED) is 0.294. The molecule has 0 atom stereocenters. The van der Waals surface area contributed by atoms with Gasteiger partial charge in [0, 0.05) is 16.0 Å². The Kier molecular flexibility index (Phi) is 4.61. The van der Waals surface area contributed by atoms with Gasteiger partial charge in [0.05, 0.1) is 10.5 Å². The monoisotopic (exact) mass is 324 g/mol. The molecule has 1 aromatic carbocycles. The average Bonchev–Trinajstić information content (AvgIpc) is 2.49. The number of pyridine rings is 1. The van der Waals surface area contributed by atoms with Gasteiger partial charge in [0.15, 0.2) is 5.84 Å². The molecule has 1 aromatic heterocycles. The summed E-state index contributed by atoms with van der Waals surface area (Å²) in [6, 6.07) is 8.16. The van der Waals surface area contributed by atoms with E-state index in [-0.39, 0.29) is 17.1 Å². The van der Waals surface area contributed by atoms with Crippen LogP contribution in [0, 0.1) is 10.1 Å². The van der Waals surface area contributed by atoms with Crippen LogP contribution in [0.2, 0.25) is 5.02 Å². The lowest BCUT2D eigenvalue weighted by Gasteiger charge is -2.07. The van der Waals surface area contributed by atoms with Crippen LogP contribution in [0.25, 0.3) is 0 Å². The normalized spacial score (nSPS) is 11.4. The van der Waals surface area contributed by atoms with Gasteiger partial charge >= 0.3 is 0 Å². The van der Waals surface area contributed by atoms with Gasteiger partial charge in [-0.1, -0.05) is 28.5 Å². The van der Waals surface area contributed by atoms with E-state index in [2.05, 4.69) is 10.1 Å². The molecule has 21 heavy (non-hydrogen) atoms. The van der Waals surface area contributed by atoms with Gasteiger partial charge in [-0.05, 0) is 24.3 Å². The van der Waals surface area contributed by atoms with E-state index in [1.54, 1.807) is 24.3 Å². The van der Waals surface area contributed by atoms with Crippen LogP contribution in [0.15, 0.2) is 51.6 Å². The highest BCUT2D eigenvalue weighted by molar-refractivity contribution is 7.99. The average molecular weight is 325 g/mol. The molecule has 0 unspecified atom stereocenters. The van der Waals surface area contributed by atoms with Crippen LogP contribution in [0.4, 0.5) is 5.69 Å². The Balaban J connectivity index is 2.42. The third-order valence-electron chi connectivity index (χ3n) is 2.46. The lowest BCUT2D eigenvalue weighted by atomic mass is 10.2. The van der Waals surface area contributed by atoms with Crippen LogP contribution in [-0.4, -0.2) is 21.0 Å². The smallest absolute Gasteiger partial charge is 0.288 e. The second-order valence-corrected chi connectivity index (χ2v) is 5.34. The van der Waals surface area contributed by atoms with E-state index >= 15 is 0 Å². The van der Waals surface area contributed by atoms with E-state index < -0.39 is 4.92 Å². The maximum Gasteiger partial charge on any atom is 0.288 e. The third-order valence-corrected chi connectivity index (χ3v) is 3.74. The molecule has 0 bridgehead atoms. The first-order chi connectivity index (χ1) is 10.0. The van der Waals surface area contributed by atoms with Crippen molar-refractivity contribution in [2.75, 3.05) is 0 Å². The Bertz CT molecular complexity index is 706. The summed E-state index contributed by atoms with van der Waals surface area (Å²) in [5.41, 5.74) is 5.49. The Morgan fingerprint density at radius 1 is 1.43 bits per heavy atom. The van der Waals surface area contributed by atoms with E-state index in [9.17, 15) is 10.1 Å². The van der Waals surface area contributed by atoms with Crippen molar-refractivity contribution >= 4 is 34.9 Å². The van der Waals surface area contributed by atoms with E-state index in [1.165, 1.54) is 17.8 Å². The lowest BCUT2D eigenvalue weighted by Crippen LogP contribution is -2.15. The summed E-state index contributed by atoms with van der Waals surface area (Å²) in [6.07, 6.45) is 1.12. The summed E-state index contributed by atoms with van der Waals surface area (Å²) in [7, 11) is 0. The molecular formula is C12H9ClN4O3S. The lowest BCUT2D eigenvalue weighted by molar-refractivity contribution is -0.385. The van der Waals surface area contributed by atoms with Gasteiger partial charge in [-0.25, -0.2) is 4.98 Å². The Hall–Kier alpha value is -2.32. The predicted octanol–water partition coefficient (Wildman–Crippen LogP) is 2.89. The van der Waals surface area contributed by atoms with Crippen molar-refractivity contribution in [1.82, 2.24) is 4.98 Å². The van der Waals surface area contributed by atoms with Crippen LogP contribution in [0.5, 0.6) is 0 Å². The van der Waals surface area contributed by atoms with Gasteiger partial charge in [0.25, 0.3) is 5.69 Å². The van der Waals surface area contributed by atoms with Crippen molar-refractivity contribution in [1.29, 1.82) is 0 Å². The second-order valence-electron chi connectivity index (χ2n) is 3.84. The van der Waals surface area contributed by atoms with E-state index in [4.69, 9.17) is 22.5 Å². The number of hydrogen-bond donors (Lipinski definition) is 2. The number of halogens is 1. The Labute approximate surface area is 128 Å². The largest absolute Gasteiger partial charge is 0.409 e. The zero-order valence-corrected chi connectivity index (χ0v) is 12.0. The fraction of sp³-hybridized carbons (Fsp3) is 0. The molecule has 2 rings (SSSR count). The molecule has 0 radical (unpaired) electrons. The van der Waals surface area contributed by atoms with Gasteiger partial charge in [-0.3, -0.25) is 10.1 Å². The Morgan fingerprint density at radius 2 is 2.10 bits per heavy atom. The maximum atomic E-state index is 10.8. The fourth-order valence-electron chi connectivity index (χ4n) is 1.47. The first-order valence-corrected chi connectivity index (χ1v) is 6.76. The van der Waals surface area contributed by atoms with Crippen molar-refractivity contribution < 1.29 is 10.1 Å². The topological polar surface area (TPSA) is 115 Å². The fourth-order valence-corrected chi connectivity index (χ4v) is 2.47. The number of aromatic nitrogens is 1. The van der Waals surface area contributed by atoms with Crippen molar-refractivity contribution in [3.63, 3.8) is 0 Å². The number of amidine groups is 1. The highest BCUT2D eigenvalue weighted by atomic mass is 35.5. The molecule has 3 N–H and O–H groups in total. The molecule has 1 heterocycles. The van der Waals surface area contributed by atoms with Gasteiger partial charge in [-0.15, -0.1) is 0 Å². The van der Waals surface area contributed by atoms with Gasteiger partial charge in [0.1, 0.15) is 11.2 Å². The van der Waals surface area contributed by atoms with E-state index in [1.807, 2.05) is 0 Å². The number of nitro groups is 1. The van der Waals surface area contributed by atoms with E-state index in [0.717, 1.165) is 11.1 Å². The molecule has 0 amide bonds. The summed E-state index contributed by atoms with van der Waals surface area (Å²) in [5.74, 6) is -0.248. The summed E-state index contributed by atoms with van der Waals surface area (Å²) in [4.78, 5) is 15.0. The van der Waals surface area contributed by atoms with Gasteiger partial charge in [-0.2, -0.15) is 0 Å². The molecule has 7 nitrogen and oxygen atoms in total. The number of nitrogens with zero attached hydrogens (tertiary/aromatic N) is 3. The van der Waals surface area contributed by atoms with Crippen molar-refractivity contribution in [3.8, 4) is 0 Å². The standard InChI is InChI=1S/C12H9ClN4O3S/c13-7-1-3-9(4-2-7)21-12-10(11(14)16-18)5-8(6-15-12)17(19)20/h1-6,18H,(H2,14,16). The molecule has 0 fully saturated rings. The molecule has 2 aromatic rings.